The summed E-state index contributed by atoms with van der Waals surface area (Å²) in [5, 5.41) is 5.59. The van der Waals surface area contributed by atoms with Gasteiger partial charge in [0.2, 0.25) is 0 Å². The molecule has 4 heteroatoms. The Hall–Kier alpha value is -0.420. The Morgan fingerprint density at radius 2 is 2.38 bits per heavy atom. The number of nitrogens with one attached hydrogen (secondary N) is 1. The van der Waals surface area contributed by atoms with Gasteiger partial charge in [-0.2, -0.15) is 0 Å². The number of thiophene rings is 1. The van der Waals surface area contributed by atoms with Gasteiger partial charge in [-0.05, 0) is 25.4 Å². The van der Waals surface area contributed by atoms with Crippen molar-refractivity contribution in [3.63, 3.8) is 0 Å². The molecule has 3 nitrogen and oxygen atoms in total. The molecule has 1 rings (SSSR count). The van der Waals surface area contributed by atoms with E-state index in [0.29, 0.717) is 6.04 Å². The van der Waals surface area contributed by atoms with Crippen molar-refractivity contribution in [2.45, 2.75) is 19.5 Å². The quantitative estimate of drug-likeness (QED) is 0.752. The largest absolute Gasteiger partial charge is 0.383 e. The monoisotopic (exact) mass is 242 g/mol. The van der Waals surface area contributed by atoms with Gasteiger partial charge in [-0.1, -0.05) is 6.07 Å². The van der Waals surface area contributed by atoms with Crippen LogP contribution in [0.3, 0.4) is 0 Å². The molecule has 1 aromatic heterocycles. The number of likely N-dealkylation sites (N-methyl/N-ethyl adjacent to an activating group) is 1. The minimum Gasteiger partial charge on any atom is -0.383 e. The van der Waals surface area contributed by atoms with Crippen LogP contribution in [0.5, 0.6) is 0 Å². The Labute approximate surface area is 102 Å². The van der Waals surface area contributed by atoms with Crippen molar-refractivity contribution in [1.82, 2.24) is 10.2 Å². The number of rotatable bonds is 8. The molecular formula is C12H22N2OS. The highest BCUT2D eigenvalue weighted by Crippen LogP contribution is 2.07. The van der Waals surface area contributed by atoms with Crippen LogP contribution in [0, 0.1) is 0 Å². The molecule has 0 aliphatic heterocycles. The van der Waals surface area contributed by atoms with E-state index in [9.17, 15) is 0 Å². The van der Waals surface area contributed by atoms with Crippen LogP contribution in [-0.4, -0.2) is 44.8 Å². The summed E-state index contributed by atoms with van der Waals surface area (Å²) in [5.74, 6) is 0. The molecule has 1 N–H and O–H groups in total. The van der Waals surface area contributed by atoms with E-state index in [1.807, 2.05) is 0 Å². The SMILES string of the molecule is COCCN(C)C(C)CNCc1cccs1. The Bertz CT molecular complexity index is 264. The smallest absolute Gasteiger partial charge is 0.0589 e. The Kier molecular flexibility index (Phi) is 6.64. The fraction of sp³-hybridized carbons (Fsp3) is 0.667. The normalized spacial score (nSPS) is 13.2. The van der Waals surface area contributed by atoms with Gasteiger partial charge in [0, 0.05) is 37.7 Å². The maximum absolute atomic E-state index is 5.07. The van der Waals surface area contributed by atoms with E-state index >= 15 is 0 Å². The Morgan fingerprint density at radius 1 is 1.56 bits per heavy atom. The molecule has 1 heterocycles. The third kappa shape index (κ3) is 5.07. The van der Waals surface area contributed by atoms with Gasteiger partial charge in [-0.15, -0.1) is 11.3 Å². The summed E-state index contributed by atoms with van der Waals surface area (Å²) in [7, 11) is 3.88. The molecule has 0 fully saturated rings. The van der Waals surface area contributed by atoms with Crippen molar-refractivity contribution in [3.05, 3.63) is 22.4 Å². The standard InChI is InChI=1S/C12H22N2OS/c1-11(14(2)6-7-15-3)9-13-10-12-5-4-8-16-12/h4-5,8,11,13H,6-7,9-10H2,1-3H3. The van der Waals surface area contributed by atoms with E-state index in [4.69, 9.17) is 4.74 Å². The van der Waals surface area contributed by atoms with Crippen molar-refractivity contribution >= 4 is 11.3 Å². The van der Waals surface area contributed by atoms with Crippen LogP contribution >= 0.6 is 11.3 Å². The van der Waals surface area contributed by atoms with Gasteiger partial charge >= 0.3 is 0 Å². The fourth-order valence-electron chi connectivity index (χ4n) is 1.43. The van der Waals surface area contributed by atoms with Crippen molar-refractivity contribution in [2.24, 2.45) is 0 Å². The van der Waals surface area contributed by atoms with Gasteiger partial charge in [0.05, 0.1) is 6.61 Å². The summed E-state index contributed by atoms with van der Waals surface area (Å²) in [6, 6.07) is 4.79. The number of methoxy groups -OCH3 is 1. The molecule has 0 bridgehead atoms. The molecule has 0 aromatic carbocycles. The second-order valence-corrected chi connectivity index (χ2v) is 5.06. The predicted octanol–water partition coefficient (Wildman–Crippen LogP) is 1.80. The first kappa shape index (κ1) is 13.6. The first-order chi connectivity index (χ1) is 7.74. The summed E-state index contributed by atoms with van der Waals surface area (Å²) in [4.78, 5) is 3.71. The topological polar surface area (TPSA) is 24.5 Å². The van der Waals surface area contributed by atoms with Crippen LogP contribution < -0.4 is 5.32 Å². The summed E-state index contributed by atoms with van der Waals surface area (Å²) < 4.78 is 5.07. The van der Waals surface area contributed by atoms with Gasteiger partial charge in [-0.3, -0.25) is 0 Å². The summed E-state index contributed by atoms with van der Waals surface area (Å²) in [6.07, 6.45) is 0. The highest BCUT2D eigenvalue weighted by atomic mass is 32.1. The molecule has 16 heavy (non-hydrogen) atoms. The van der Waals surface area contributed by atoms with Crippen LogP contribution in [0.15, 0.2) is 17.5 Å². The molecule has 92 valence electrons. The zero-order valence-electron chi connectivity index (χ0n) is 10.4. The van der Waals surface area contributed by atoms with Crippen LogP contribution in [0.1, 0.15) is 11.8 Å². The van der Waals surface area contributed by atoms with Crippen molar-refractivity contribution < 1.29 is 4.74 Å². The third-order valence-electron chi connectivity index (χ3n) is 2.72. The van der Waals surface area contributed by atoms with Gasteiger partial charge in [0.15, 0.2) is 0 Å². The van der Waals surface area contributed by atoms with E-state index in [-0.39, 0.29) is 0 Å². The minimum atomic E-state index is 0.537. The first-order valence-electron chi connectivity index (χ1n) is 5.66. The van der Waals surface area contributed by atoms with Crippen molar-refractivity contribution in [2.75, 3.05) is 33.9 Å². The van der Waals surface area contributed by atoms with E-state index in [1.54, 1.807) is 18.4 Å². The second-order valence-electron chi connectivity index (χ2n) is 4.03. The van der Waals surface area contributed by atoms with Crippen LogP contribution in [0.4, 0.5) is 0 Å². The zero-order valence-corrected chi connectivity index (χ0v) is 11.2. The summed E-state index contributed by atoms with van der Waals surface area (Å²) >= 11 is 1.80. The Balaban J connectivity index is 2.11. The van der Waals surface area contributed by atoms with E-state index in [2.05, 4.69) is 41.7 Å². The lowest BCUT2D eigenvalue weighted by Crippen LogP contribution is -2.39. The minimum absolute atomic E-state index is 0.537. The molecule has 0 saturated carbocycles. The third-order valence-corrected chi connectivity index (χ3v) is 3.60. The zero-order chi connectivity index (χ0) is 11.8. The fourth-order valence-corrected chi connectivity index (χ4v) is 2.10. The molecule has 0 amide bonds. The number of ether oxygens (including phenoxy) is 1. The van der Waals surface area contributed by atoms with Crippen LogP contribution in [0.2, 0.25) is 0 Å². The van der Waals surface area contributed by atoms with E-state index in [0.717, 1.165) is 26.2 Å². The predicted molar refractivity (Wildman–Crippen MR) is 70.0 cm³/mol. The lowest BCUT2D eigenvalue weighted by atomic mass is 10.3. The molecule has 0 radical (unpaired) electrons. The molecule has 1 unspecified atom stereocenters. The highest BCUT2D eigenvalue weighted by Gasteiger charge is 2.07. The second kappa shape index (κ2) is 7.79. The molecule has 0 spiro atoms. The number of hydrogen-bond acceptors (Lipinski definition) is 4. The number of nitrogens with zero attached hydrogens (tertiary/aromatic N) is 1. The van der Waals surface area contributed by atoms with E-state index in [1.165, 1.54) is 4.88 Å². The van der Waals surface area contributed by atoms with E-state index < -0.39 is 0 Å². The first-order valence-corrected chi connectivity index (χ1v) is 6.54. The van der Waals surface area contributed by atoms with Crippen LogP contribution in [0.25, 0.3) is 0 Å². The maximum Gasteiger partial charge on any atom is 0.0589 e. The van der Waals surface area contributed by atoms with Gasteiger partial charge in [0.1, 0.15) is 0 Å². The molecule has 0 aliphatic rings. The average molecular weight is 242 g/mol. The van der Waals surface area contributed by atoms with Crippen molar-refractivity contribution in [1.29, 1.82) is 0 Å². The molecule has 0 saturated heterocycles. The molecule has 0 aliphatic carbocycles. The molecule has 1 aromatic rings. The summed E-state index contributed by atoms with van der Waals surface area (Å²) in [6.45, 7) is 6.00. The van der Waals surface area contributed by atoms with Gasteiger partial charge < -0.3 is 15.0 Å². The lowest BCUT2D eigenvalue weighted by molar-refractivity contribution is 0.142. The molecule has 1 atom stereocenters. The van der Waals surface area contributed by atoms with Gasteiger partial charge in [0.25, 0.3) is 0 Å². The van der Waals surface area contributed by atoms with Crippen molar-refractivity contribution in [3.8, 4) is 0 Å². The van der Waals surface area contributed by atoms with Crippen LogP contribution in [-0.2, 0) is 11.3 Å². The average Bonchev–Trinajstić information content (AvgIpc) is 2.78. The molecular weight excluding hydrogens is 220 g/mol. The van der Waals surface area contributed by atoms with Gasteiger partial charge in [-0.25, -0.2) is 0 Å². The maximum atomic E-state index is 5.07. The number of hydrogen-bond donors (Lipinski definition) is 1. The summed E-state index contributed by atoms with van der Waals surface area (Å²) in [5.41, 5.74) is 0. The highest BCUT2D eigenvalue weighted by molar-refractivity contribution is 7.09. The lowest BCUT2D eigenvalue weighted by Gasteiger charge is -2.24. The Morgan fingerprint density at radius 3 is 3.00 bits per heavy atom.